The van der Waals surface area contributed by atoms with Crippen molar-refractivity contribution < 1.29 is 13.9 Å². The fraction of sp³-hybridized carbons (Fsp3) is 0.263. The molecule has 0 aliphatic rings. The van der Waals surface area contributed by atoms with Crippen LogP contribution in [0.15, 0.2) is 53.5 Å². The molecule has 0 bridgehead atoms. The maximum Gasteiger partial charge on any atom is 0.238 e. The van der Waals surface area contributed by atoms with Gasteiger partial charge in [0.15, 0.2) is 11.7 Å². The molecular weight excluding hydrogens is 385 g/mol. The summed E-state index contributed by atoms with van der Waals surface area (Å²) in [6, 6.07) is 5.06. The van der Waals surface area contributed by atoms with Gasteiger partial charge in [-0.05, 0) is 18.6 Å². The van der Waals surface area contributed by atoms with Crippen LogP contribution in [0.25, 0.3) is 6.08 Å². The summed E-state index contributed by atoms with van der Waals surface area (Å²) in [4.78, 5) is 17.3. The highest BCUT2D eigenvalue weighted by Gasteiger charge is 2.23. The molecule has 1 aromatic carbocycles. The molecule has 1 rings (SSSR count). The van der Waals surface area contributed by atoms with E-state index in [0.717, 1.165) is 11.2 Å². The van der Waals surface area contributed by atoms with Crippen LogP contribution in [0.3, 0.4) is 0 Å². The summed E-state index contributed by atoms with van der Waals surface area (Å²) in [5.41, 5.74) is 6.79. The second-order valence-corrected chi connectivity index (χ2v) is 6.06. The molecule has 7 nitrogen and oxygen atoms in total. The zero-order valence-corrected chi connectivity index (χ0v) is 16.7. The Bertz CT molecular complexity index is 795. The normalized spacial score (nSPS) is 11.9. The van der Waals surface area contributed by atoms with Crippen LogP contribution >= 0.6 is 11.6 Å². The van der Waals surface area contributed by atoms with E-state index in [9.17, 15) is 9.18 Å². The number of carbonyl (C=O) groups is 1. The number of rotatable bonds is 9. The van der Waals surface area contributed by atoms with Gasteiger partial charge in [-0.25, -0.2) is 20.2 Å². The van der Waals surface area contributed by atoms with Crippen LogP contribution in [0.1, 0.15) is 18.9 Å². The van der Waals surface area contributed by atoms with Crippen LogP contribution in [-0.2, 0) is 9.53 Å². The highest BCUT2D eigenvalue weighted by molar-refractivity contribution is 6.30. The minimum atomic E-state index is -0.796. The average molecular weight is 410 g/mol. The van der Waals surface area contributed by atoms with E-state index >= 15 is 0 Å². The summed E-state index contributed by atoms with van der Waals surface area (Å²) in [6.07, 6.45) is 2.85. The molecule has 0 saturated carbocycles. The fourth-order valence-corrected chi connectivity index (χ4v) is 2.59. The van der Waals surface area contributed by atoms with E-state index in [0.29, 0.717) is 36.5 Å². The number of methoxy groups -OCH3 is 1. The van der Waals surface area contributed by atoms with Gasteiger partial charge in [0.2, 0.25) is 5.91 Å². The summed E-state index contributed by atoms with van der Waals surface area (Å²) < 4.78 is 19.6. The van der Waals surface area contributed by atoms with Crippen molar-refractivity contribution in [3.63, 3.8) is 0 Å². The second-order valence-electron chi connectivity index (χ2n) is 5.63. The van der Waals surface area contributed by atoms with Crippen LogP contribution in [0.4, 0.5) is 15.8 Å². The van der Waals surface area contributed by atoms with Gasteiger partial charge >= 0.3 is 0 Å². The summed E-state index contributed by atoms with van der Waals surface area (Å²) in [7, 11) is 1.56. The van der Waals surface area contributed by atoms with Crippen molar-refractivity contribution >= 4 is 40.8 Å². The number of amides is 1. The number of hydrogen-bond donors (Lipinski definition) is 2. The van der Waals surface area contributed by atoms with Crippen molar-refractivity contribution in [1.82, 2.24) is 0 Å². The number of hydrogen-bond acceptors (Lipinski definition) is 5. The number of amidine groups is 1. The lowest BCUT2D eigenvalue weighted by atomic mass is 10.1. The van der Waals surface area contributed by atoms with Crippen LogP contribution < -0.4 is 21.5 Å². The zero-order chi connectivity index (χ0) is 21.3. The van der Waals surface area contributed by atoms with Gasteiger partial charge < -0.3 is 15.4 Å². The van der Waals surface area contributed by atoms with Crippen LogP contribution in [0, 0.1) is 0 Å². The third-order valence-electron chi connectivity index (χ3n) is 3.73. The number of aliphatic imine (C=N–C) groups is 1. The third-order valence-corrected chi connectivity index (χ3v) is 3.81. The van der Waals surface area contributed by atoms with Crippen molar-refractivity contribution in [2.24, 2.45) is 16.6 Å². The van der Waals surface area contributed by atoms with E-state index in [1.165, 1.54) is 13.0 Å². The molecule has 0 aromatic heterocycles. The van der Waals surface area contributed by atoms with E-state index in [1.807, 2.05) is 0 Å². The van der Waals surface area contributed by atoms with Gasteiger partial charge in [0.05, 0.1) is 11.4 Å². The molecule has 0 saturated heterocycles. The molecular formula is C19H25ClFN5O2. The van der Waals surface area contributed by atoms with Gasteiger partial charge in [-0.15, -0.1) is 0 Å². The zero-order valence-electron chi connectivity index (χ0n) is 16.0. The monoisotopic (exact) mass is 409 g/mol. The molecule has 9 heteroatoms. The van der Waals surface area contributed by atoms with Gasteiger partial charge in [-0.3, -0.25) is 4.79 Å². The minimum absolute atomic E-state index is 0.121. The van der Waals surface area contributed by atoms with Crippen LogP contribution in [-0.4, -0.2) is 32.0 Å². The lowest BCUT2D eigenvalue weighted by Gasteiger charge is -2.29. The minimum Gasteiger partial charge on any atom is -0.402 e. The maximum absolute atomic E-state index is 14.5. The molecule has 1 amide bonds. The molecule has 0 radical (unpaired) electrons. The molecule has 28 heavy (non-hydrogen) atoms. The summed E-state index contributed by atoms with van der Waals surface area (Å²) in [6.45, 7) is 9.36. The lowest BCUT2D eigenvalue weighted by Crippen LogP contribution is -2.37. The first kappa shape index (κ1) is 23.4. The first-order chi connectivity index (χ1) is 13.3. The van der Waals surface area contributed by atoms with Crippen molar-refractivity contribution in [3.05, 3.63) is 54.1 Å². The Morgan fingerprint density at radius 1 is 1.43 bits per heavy atom. The van der Waals surface area contributed by atoms with Gasteiger partial charge in [0, 0.05) is 38.9 Å². The molecule has 0 spiro atoms. The van der Waals surface area contributed by atoms with Gasteiger partial charge in [0.25, 0.3) is 0 Å². The molecule has 0 atom stereocenters. The first-order valence-corrected chi connectivity index (χ1v) is 8.74. The summed E-state index contributed by atoms with van der Waals surface area (Å²) >= 11 is 5.80. The van der Waals surface area contributed by atoms with E-state index < -0.39 is 5.83 Å². The molecule has 0 aliphatic heterocycles. The molecule has 0 aliphatic carbocycles. The maximum atomic E-state index is 14.5. The topological polar surface area (TPSA) is 97.2 Å². The number of halogens is 2. The van der Waals surface area contributed by atoms with Crippen molar-refractivity contribution in [2.45, 2.75) is 13.3 Å². The Labute approximate surface area is 169 Å². The largest absolute Gasteiger partial charge is 0.402 e. The second kappa shape index (κ2) is 11.2. The lowest BCUT2D eigenvalue weighted by molar-refractivity contribution is -0.116. The highest BCUT2D eigenvalue weighted by Crippen LogP contribution is 2.32. The van der Waals surface area contributed by atoms with Crippen LogP contribution in [0.2, 0.25) is 0 Å². The summed E-state index contributed by atoms with van der Waals surface area (Å²) in [5, 5.41) is 0.865. The van der Waals surface area contributed by atoms with Gasteiger partial charge in [-0.2, -0.15) is 0 Å². The Hall–Kier alpha value is -2.68. The summed E-state index contributed by atoms with van der Waals surface area (Å²) in [5.74, 6) is 4.57. The number of hydrazine groups is 1. The third kappa shape index (κ3) is 5.91. The quantitative estimate of drug-likeness (QED) is 0.124. The van der Waals surface area contributed by atoms with E-state index in [4.69, 9.17) is 27.9 Å². The predicted octanol–water partition coefficient (Wildman–Crippen LogP) is 3.28. The number of ether oxygens (including phenoxy) is 1. The Kier molecular flexibility index (Phi) is 9.37. The number of carbonyl (C=O) groups excluding carboxylic acids is 1. The predicted molar refractivity (Wildman–Crippen MR) is 114 cm³/mol. The van der Waals surface area contributed by atoms with Gasteiger partial charge in [0.1, 0.15) is 5.16 Å². The van der Waals surface area contributed by atoms with E-state index in [-0.39, 0.29) is 16.9 Å². The molecule has 1 aromatic rings. The smallest absolute Gasteiger partial charge is 0.238 e. The fourth-order valence-electron chi connectivity index (χ4n) is 2.50. The molecule has 152 valence electrons. The average Bonchev–Trinajstić information content (AvgIpc) is 2.67. The van der Waals surface area contributed by atoms with Crippen molar-refractivity contribution in [1.29, 1.82) is 0 Å². The SMILES string of the molecule is C=Cc1c(N(N)C(C)=O)cccc1N(CCCOC)C(=NC(=C)Cl)/C(F)=C\N. The first-order valence-electron chi connectivity index (χ1n) is 8.36. The molecule has 0 heterocycles. The molecule has 0 unspecified atom stereocenters. The number of benzene rings is 1. The highest BCUT2D eigenvalue weighted by atomic mass is 35.5. The number of nitrogens with two attached hydrogens (primary N) is 2. The Morgan fingerprint density at radius 2 is 2.07 bits per heavy atom. The standard InChI is InChI=1S/C19H25ClFN5O2/c1-5-15-17(8-6-9-18(15)26(23)14(3)27)25(10-7-11-28-4)19(16(21)12-22)24-13(2)20/h5-6,8-9,12H,1-2,7,10-11,22-23H2,3-4H3/b16-12+,24-19?. The van der Waals surface area contributed by atoms with Crippen molar-refractivity contribution in [3.8, 4) is 0 Å². The number of nitrogens with zero attached hydrogens (tertiary/aromatic N) is 3. The van der Waals surface area contributed by atoms with Crippen LogP contribution in [0.5, 0.6) is 0 Å². The van der Waals surface area contributed by atoms with E-state index in [2.05, 4.69) is 18.2 Å². The van der Waals surface area contributed by atoms with Crippen molar-refractivity contribution in [2.75, 3.05) is 30.2 Å². The molecule has 4 N–H and O–H groups in total. The number of anilines is 2. The Balaban J connectivity index is 3.66. The molecule has 0 fully saturated rings. The van der Waals surface area contributed by atoms with Gasteiger partial charge in [-0.1, -0.05) is 36.9 Å². The Morgan fingerprint density at radius 3 is 2.57 bits per heavy atom. The van der Waals surface area contributed by atoms with E-state index in [1.54, 1.807) is 30.2 Å².